The average Bonchev–Trinajstić information content (AvgIpc) is 2.64. The molecule has 0 aliphatic rings. The van der Waals surface area contributed by atoms with Crippen LogP contribution in [0.3, 0.4) is 0 Å². The number of sulfonamides is 1. The van der Waals surface area contributed by atoms with Crippen LogP contribution in [0.4, 0.5) is 5.69 Å². The molecule has 3 N–H and O–H groups in total. The predicted molar refractivity (Wildman–Crippen MR) is 109 cm³/mol. The first-order valence-corrected chi connectivity index (χ1v) is 10.9. The summed E-state index contributed by atoms with van der Waals surface area (Å²) in [5.74, 6) is -0.145. The maximum atomic E-state index is 12.6. The van der Waals surface area contributed by atoms with Crippen molar-refractivity contribution in [3.63, 3.8) is 0 Å². The zero-order valence-corrected chi connectivity index (χ0v) is 16.8. The largest absolute Gasteiger partial charge is 0.508 e. The molecule has 6 heteroatoms. The van der Waals surface area contributed by atoms with Crippen LogP contribution >= 0.6 is 0 Å². The van der Waals surface area contributed by atoms with Crippen molar-refractivity contribution < 1.29 is 18.6 Å². The van der Waals surface area contributed by atoms with Crippen LogP contribution in [-0.2, 0) is 10.0 Å². The van der Waals surface area contributed by atoms with Gasteiger partial charge in [0.25, 0.3) is 10.0 Å². The van der Waals surface area contributed by atoms with Gasteiger partial charge in [-0.3, -0.25) is 4.72 Å². The minimum Gasteiger partial charge on any atom is -0.508 e. The zero-order valence-electron chi connectivity index (χ0n) is 16.0. The van der Waals surface area contributed by atoms with Crippen LogP contribution in [0, 0.1) is 6.92 Å². The van der Waals surface area contributed by atoms with Gasteiger partial charge in [0.2, 0.25) is 0 Å². The third-order valence-electron chi connectivity index (χ3n) is 4.68. The van der Waals surface area contributed by atoms with Gasteiger partial charge < -0.3 is 10.2 Å². The number of nitrogens with one attached hydrogen (secondary N) is 1. The molecule has 0 aliphatic carbocycles. The van der Waals surface area contributed by atoms with Gasteiger partial charge in [-0.2, -0.15) is 0 Å². The molecule has 0 unspecified atom stereocenters. The van der Waals surface area contributed by atoms with E-state index >= 15 is 0 Å². The number of hydrogen-bond acceptors (Lipinski definition) is 4. The normalized spacial score (nSPS) is 12.7. The van der Waals surface area contributed by atoms with E-state index in [1.807, 2.05) is 6.92 Å². The van der Waals surface area contributed by atoms with Crippen LogP contribution < -0.4 is 4.72 Å². The number of anilines is 1. The summed E-state index contributed by atoms with van der Waals surface area (Å²) in [6, 6.07) is 11.2. The number of aliphatic hydroxyl groups excluding tert-OH is 1. The molecule has 0 bridgehead atoms. The highest BCUT2D eigenvalue weighted by atomic mass is 32.2. The van der Waals surface area contributed by atoms with E-state index in [1.54, 1.807) is 30.3 Å². The van der Waals surface area contributed by atoms with Crippen molar-refractivity contribution in [2.24, 2.45) is 0 Å². The van der Waals surface area contributed by atoms with Gasteiger partial charge in [-0.1, -0.05) is 50.3 Å². The quantitative estimate of drug-likeness (QED) is 0.410. The molecule has 5 nitrogen and oxygen atoms in total. The molecule has 0 spiro atoms. The van der Waals surface area contributed by atoms with E-state index < -0.39 is 10.0 Å². The molecule has 0 heterocycles. The molecule has 0 aromatic heterocycles. The lowest BCUT2D eigenvalue weighted by atomic mass is 9.92. The standard InChI is InChI=1S/C21H29NO4S/c1-3-4-5-6-7-17(15-23)20-14-18(10-13-21(20)24)22-27(25,26)19-11-8-16(2)9-12-19/h8-14,17,22-24H,3-7,15H2,1-2H3/t17-/m0/s1. The van der Waals surface area contributed by atoms with Gasteiger partial charge in [0.1, 0.15) is 5.75 Å². The van der Waals surface area contributed by atoms with Crippen molar-refractivity contribution in [3.05, 3.63) is 53.6 Å². The number of rotatable bonds is 10. The molecular formula is C21H29NO4S. The monoisotopic (exact) mass is 391 g/mol. The van der Waals surface area contributed by atoms with Gasteiger partial charge in [0.15, 0.2) is 0 Å². The summed E-state index contributed by atoms with van der Waals surface area (Å²) >= 11 is 0. The van der Waals surface area contributed by atoms with E-state index in [-0.39, 0.29) is 23.2 Å². The number of phenols is 1. The second-order valence-corrected chi connectivity index (χ2v) is 8.60. The molecule has 2 aromatic rings. The summed E-state index contributed by atoms with van der Waals surface area (Å²) in [6.45, 7) is 3.94. The Bertz CT molecular complexity index is 832. The lowest BCUT2D eigenvalue weighted by molar-refractivity contribution is 0.253. The van der Waals surface area contributed by atoms with Crippen LogP contribution in [-0.4, -0.2) is 25.2 Å². The molecule has 0 fully saturated rings. The highest BCUT2D eigenvalue weighted by Crippen LogP contribution is 2.32. The lowest BCUT2D eigenvalue weighted by Crippen LogP contribution is -2.13. The first-order chi connectivity index (χ1) is 12.9. The number of aliphatic hydroxyl groups is 1. The Balaban J connectivity index is 2.19. The molecule has 1 atom stereocenters. The first-order valence-electron chi connectivity index (χ1n) is 9.40. The third kappa shape index (κ3) is 5.97. The van der Waals surface area contributed by atoms with Gasteiger partial charge in [0.05, 0.1) is 11.5 Å². The number of hydrogen-bond donors (Lipinski definition) is 3. The zero-order chi connectivity index (χ0) is 19.9. The number of aryl methyl sites for hydroxylation is 1. The third-order valence-corrected chi connectivity index (χ3v) is 6.07. The van der Waals surface area contributed by atoms with E-state index in [9.17, 15) is 18.6 Å². The molecule has 0 saturated heterocycles. The molecule has 2 rings (SSSR count). The van der Waals surface area contributed by atoms with Crippen LogP contribution in [0.2, 0.25) is 0 Å². The molecule has 148 valence electrons. The van der Waals surface area contributed by atoms with E-state index in [1.165, 1.54) is 12.1 Å². The van der Waals surface area contributed by atoms with Gasteiger partial charge in [-0.25, -0.2) is 8.42 Å². The average molecular weight is 392 g/mol. The number of phenolic OH excluding ortho intramolecular Hbond substituents is 1. The van der Waals surface area contributed by atoms with Crippen molar-refractivity contribution in [3.8, 4) is 5.75 Å². The van der Waals surface area contributed by atoms with Gasteiger partial charge in [0, 0.05) is 17.2 Å². The Kier molecular flexibility index (Phi) is 7.68. The topological polar surface area (TPSA) is 86.6 Å². The molecule has 0 radical (unpaired) electrons. The van der Waals surface area contributed by atoms with Crippen molar-refractivity contribution in [1.82, 2.24) is 0 Å². The number of unbranched alkanes of at least 4 members (excludes halogenated alkanes) is 3. The van der Waals surface area contributed by atoms with Gasteiger partial charge >= 0.3 is 0 Å². The summed E-state index contributed by atoms with van der Waals surface area (Å²) in [6.07, 6.45) is 5.05. The van der Waals surface area contributed by atoms with E-state index in [0.717, 1.165) is 37.7 Å². The fraction of sp³-hybridized carbons (Fsp3) is 0.429. The molecular weight excluding hydrogens is 362 g/mol. The van der Waals surface area contributed by atoms with Gasteiger partial charge in [-0.05, 0) is 43.7 Å². The predicted octanol–water partition coefficient (Wildman–Crippen LogP) is 4.55. The molecule has 0 aliphatic heterocycles. The van der Waals surface area contributed by atoms with Crippen molar-refractivity contribution in [1.29, 1.82) is 0 Å². The van der Waals surface area contributed by atoms with Crippen molar-refractivity contribution in [2.45, 2.75) is 56.8 Å². The fourth-order valence-corrected chi connectivity index (χ4v) is 4.09. The Labute approximate surface area is 162 Å². The molecule has 2 aromatic carbocycles. The smallest absolute Gasteiger partial charge is 0.261 e. The van der Waals surface area contributed by atoms with Crippen LogP contribution in [0.1, 0.15) is 56.1 Å². The van der Waals surface area contributed by atoms with E-state index in [2.05, 4.69) is 11.6 Å². The van der Waals surface area contributed by atoms with Crippen LogP contribution in [0.5, 0.6) is 5.75 Å². The maximum absolute atomic E-state index is 12.6. The molecule has 0 amide bonds. The van der Waals surface area contributed by atoms with Crippen molar-refractivity contribution >= 4 is 15.7 Å². The first kappa shape index (κ1) is 21.3. The number of benzene rings is 2. The van der Waals surface area contributed by atoms with Gasteiger partial charge in [-0.15, -0.1) is 0 Å². The second kappa shape index (κ2) is 9.76. The Morgan fingerprint density at radius 2 is 1.74 bits per heavy atom. The summed E-state index contributed by atoms with van der Waals surface area (Å²) < 4.78 is 27.7. The summed E-state index contributed by atoms with van der Waals surface area (Å²) in [5, 5.41) is 19.9. The molecule has 0 saturated carbocycles. The highest BCUT2D eigenvalue weighted by molar-refractivity contribution is 7.92. The van der Waals surface area contributed by atoms with E-state index in [4.69, 9.17) is 0 Å². The SMILES string of the molecule is CCCCCC[C@@H](CO)c1cc(NS(=O)(=O)c2ccc(C)cc2)ccc1O. The highest BCUT2D eigenvalue weighted by Gasteiger charge is 2.18. The minimum absolute atomic E-state index is 0.0721. The Morgan fingerprint density at radius 3 is 2.37 bits per heavy atom. The number of aromatic hydroxyl groups is 1. The Hall–Kier alpha value is -2.05. The minimum atomic E-state index is -3.71. The summed E-state index contributed by atoms with van der Waals surface area (Å²) in [4.78, 5) is 0.181. The molecule has 27 heavy (non-hydrogen) atoms. The summed E-state index contributed by atoms with van der Waals surface area (Å²) in [5.41, 5.74) is 1.92. The van der Waals surface area contributed by atoms with Crippen molar-refractivity contribution in [2.75, 3.05) is 11.3 Å². The second-order valence-electron chi connectivity index (χ2n) is 6.92. The van der Waals surface area contributed by atoms with E-state index in [0.29, 0.717) is 11.3 Å². The summed E-state index contributed by atoms with van der Waals surface area (Å²) in [7, 11) is -3.71. The maximum Gasteiger partial charge on any atom is 0.261 e. The Morgan fingerprint density at radius 1 is 1.04 bits per heavy atom. The fourth-order valence-electron chi connectivity index (χ4n) is 3.04. The van der Waals surface area contributed by atoms with Crippen LogP contribution in [0.25, 0.3) is 0 Å². The lowest BCUT2D eigenvalue weighted by Gasteiger charge is -2.18. The van der Waals surface area contributed by atoms with Crippen LogP contribution in [0.15, 0.2) is 47.4 Å².